The number of rotatable bonds is 2. The second-order valence-electron chi connectivity index (χ2n) is 4.47. The van der Waals surface area contributed by atoms with E-state index in [1.807, 2.05) is 0 Å². The van der Waals surface area contributed by atoms with Gasteiger partial charge >= 0.3 is 5.69 Å². The lowest BCUT2D eigenvalue weighted by Gasteiger charge is -2.04. The lowest BCUT2D eigenvalue weighted by Crippen LogP contribution is -2.14. The number of aromatic nitrogens is 2. The zero-order valence-corrected chi connectivity index (χ0v) is 11.4. The number of benzene rings is 2. The average Bonchev–Trinajstić information content (AvgIpc) is 2.73. The Bertz CT molecular complexity index is 984. The number of hydrogen-bond acceptors (Lipinski definition) is 3. The van der Waals surface area contributed by atoms with Crippen molar-refractivity contribution in [2.75, 3.05) is 0 Å². The highest BCUT2D eigenvalue weighted by Gasteiger charge is 2.12. The van der Waals surface area contributed by atoms with Crippen molar-refractivity contribution in [2.45, 2.75) is 4.90 Å². The molecule has 0 saturated carbocycles. The van der Waals surface area contributed by atoms with Crippen LogP contribution < -0.4 is 11.4 Å². The molecule has 0 fully saturated rings. The highest BCUT2D eigenvalue weighted by Crippen LogP contribution is 2.19. The summed E-state index contributed by atoms with van der Waals surface area (Å²) < 4.78 is 32.3. The minimum atomic E-state index is -4.27. The van der Waals surface area contributed by atoms with Crippen molar-refractivity contribution in [1.82, 2.24) is 15.3 Å². The molecule has 3 aromatic rings. The van der Waals surface area contributed by atoms with E-state index in [0.717, 1.165) is 0 Å². The van der Waals surface area contributed by atoms with Crippen molar-refractivity contribution in [3.8, 4) is 5.69 Å². The van der Waals surface area contributed by atoms with Crippen molar-refractivity contribution in [3.05, 3.63) is 52.9 Å². The van der Waals surface area contributed by atoms with Crippen molar-refractivity contribution in [3.63, 3.8) is 0 Å². The van der Waals surface area contributed by atoms with Crippen LogP contribution in [-0.4, -0.2) is 22.5 Å². The first kappa shape index (κ1) is 13.4. The molecule has 7 nitrogen and oxygen atoms in total. The van der Waals surface area contributed by atoms with Crippen LogP contribution in [0.25, 0.3) is 16.7 Å². The molecule has 1 aromatic heterocycles. The van der Waals surface area contributed by atoms with Crippen LogP contribution in [0.1, 0.15) is 0 Å². The van der Waals surface area contributed by atoms with E-state index >= 15 is 0 Å². The van der Waals surface area contributed by atoms with Crippen LogP contribution in [0, 0.1) is 0 Å². The number of aromatic amines is 1. The van der Waals surface area contributed by atoms with Gasteiger partial charge in [-0.15, -0.1) is 0 Å². The summed E-state index contributed by atoms with van der Waals surface area (Å²) in [7, 11) is -4.27. The van der Waals surface area contributed by atoms with E-state index in [2.05, 4.69) is 4.98 Å². The SMILES string of the molecule is [NH]c1ccc2c(c1)[nH]c(=O)n2-c1ccc(S(=O)(=O)O)cc1. The molecule has 8 heteroatoms. The molecule has 1 heterocycles. The Hall–Kier alpha value is -2.58. The van der Waals surface area contributed by atoms with Crippen LogP contribution in [0.3, 0.4) is 0 Å². The third-order valence-corrected chi connectivity index (χ3v) is 3.94. The molecule has 0 aliphatic heterocycles. The smallest absolute Gasteiger partial charge is 0.305 e. The Labute approximate surface area is 119 Å². The van der Waals surface area contributed by atoms with Gasteiger partial charge in [-0.1, -0.05) is 0 Å². The van der Waals surface area contributed by atoms with Gasteiger partial charge in [-0.25, -0.2) is 4.79 Å². The number of nitrogens with one attached hydrogen (secondary N) is 2. The maximum atomic E-state index is 12.0. The van der Waals surface area contributed by atoms with Crippen molar-refractivity contribution in [1.29, 1.82) is 0 Å². The van der Waals surface area contributed by atoms with Crippen molar-refractivity contribution >= 4 is 26.8 Å². The largest absolute Gasteiger partial charge is 0.331 e. The third-order valence-electron chi connectivity index (χ3n) is 3.07. The molecule has 21 heavy (non-hydrogen) atoms. The summed E-state index contributed by atoms with van der Waals surface area (Å²) >= 11 is 0. The molecule has 0 unspecified atom stereocenters. The lowest BCUT2D eigenvalue weighted by molar-refractivity contribution is 0.483. The van der Waals surface area contributed by atoms with Gasteiger partial charge in [-0.3, -0.25) is 9.12 Å². The summed E-state index contributed by atoms with van der Waals surface area (Å²) in [5, 5.41) is 0. The maximum absolute atomic E-state index is 12.0. The molecule has 0 aliphatic rings. The van der Waals surface area contributed by atoms with E-state index in [9.17, 15) is 13.2 Å². The molecule has 2 aromatic carbocycles. The zero-order chi connectivity index (χ0) is 15.2. The minimum absolute atomic E-state index is 0.243. The van der Waals surface area contributed by atoms with Gasteiger partial charge in [0.05, 0.1) is 27.3 Å². The second-order valence-corrected chi connectivity index (χ2v) is 5.89. The maximum Gasteiger partial charge on any atom is 0.331 e. The molecule has 0 bridgehead atoms. The quantitative estimate of drug-likeness (QED) is 0.697. The van der Waals surface area contributed by atoms with E-state index in [1.54, 1.807) is 12.1 Å². The number of H-pyrrole nitrogens is 1. The monoisotopic (exact) mass is 304 g/mol. The predicted octanol–water partition coefficient (Wildman–Crippen LogP) is 1.48. The summed E-state index contributed by atoms with van der Waals surface area (Å²) in [6.07, 6.45) is 0. The summed E-state index contributed by atoms with van der Waals surface area (Å²) in [5.41, 5.74) is 8.97. The van der Waals surface area contributed by atoms with Gasteiger partial charge in [0.15, 0.2) is 0 Å². The topological polar surface area (TPSA) is 116 Å². The molecule has 3 rings (SSSR count). The Morgan fingerprint density at radius 1 is 1.10 bits per heavy atom. The van der Waals surface area contributed by atoms with Gasteiger partial charge < -0.3 is 10.7 Å². The number of fused-ring (bicyclic) bond motifs is 1. The minimum Gasteiger partial charge on any atom is -0.305 e. The molecule has 107 valence electrons. The van der Waals surface area contributed by atoms with Crippen LogP contribution in [-0.2, 0) is 10.1 Å². The Kier molecular flexibility index (Phi) is 2.85. The van der Waals surface area contributed by atoms with Crippen LogP contribution in [0.4, 0.5) is 5.69 Å². The first-order valence-electron chi connectivity index (χ1n) is 5.90. The molecular weight excluding hydrogens is 294 g/mol. The summed E-state index contributed by atoms with van der Waals surface area (Å²) in [6, 6.07) is 9.99. The summed E-state index contributed by atoms with van der Waals surface area (Å²) in [6.45, 7) is 0. The summed E-state index contributed by atoms with van der Waals surface area (Å²) in [4.78, 5) is 14.4. The van der Waals surface area contributed by atoms with E-state index in [0.29, 0.717) is 16.7 Å². The lowest BCUT2D eigenvalue weighted by atomic mass is 10.2. The Morgan fingerprint density at radius 2 is 1.76 bits per heavy atom. The van der Waals surface area contributed by atoms with Gasteiger partial charge in [0, 0.05) is 0 Å². The van der Waals surface area contributed by atoms with Crippen molar-refractivity contribution < 1.29 is 13.0 Å². The van der Waals surface area contributed by atoms with E-state index in [1.165, 1.54) is 34.9 Å². The first-order chi connectivity index (χ1) is 9.86. The normalized spacial score (nSPS) is 11.9. The van der Waals surface area contributed by atoms with Crippen LogP contribution in [0.2, 0.25) is 0 Å². The molecular formula is C13H10N3O4S. The van der Waals surface area contributed by atoms with Crippen molar-refractivity contribution in [2.24, 2.45) is 0 Å². The molecule has 0 amide bonds. The molecule has 3 N–H and O–H groups in total. The fraction of sp³-hybridized carbons (Fsp3) is 0. The number of nitrogens with zero attached hydrogens (tertiary/aromatic N) is 1. The molecule has 0 atom stereocenters. The van der Waals surface area contributed by atoms with Crippen LogP contribution in [0.5, 0.6) is 0 Å². The van der Waals surface area contributed by atoms with E-state index < -0.39 is 15.8 Å². The fourth-order valence-corrected chi connectivity index (χ4v) is 2.62. The second kappa shape index (κ2) is 4.47. The Balaban J connectivity index is 2.21. The van der Waals surface area contributed by atoms with Crippen LogP contribution >= 0.6 is 0 Å². The highest BCUT2D eigenvalue weighted by molar-refractivity contribution is 7.85. The highest BCUT2D eigenvalue weighted by atomic mass is 32.2. The standard InChI is InChI=1S/C13H10N3O4S/c14-8-1-6-12-11(7-8)15-13(17)16(12)9-2-4-10(5-3-9)21(18,19)20/h1-7,14H,(H,15,17)(H,18,19,20). The Morgan fingerprint density at radius 3 is 2.38 bits per heavy atom. The summed E-state index contributed by atoms with van der Waals surface area (Å²) in [5.74, 6) is 0. The van der Waals surface area contributed by atoms with E-state index in [4.69, 9.17) is 10.3 Å². The van der Waals surface area contributed by atoms with E-state index in [-0.39, 0.29) is 10.6 Å². The van der Waals surface area contributed by atoms with Gasteiger partial charge in [0.1, 0.15) is 0 Å². The number of imidazole rings is 1. The molecule has 0 spiro atoms. The van der Waals surface area contributed by atoms with Gasteiger partial charge in [0.25, 0.3) is 10.1 Å². The number of hydrogen-bond donors (Lipinski definition) is 2. The zero-order valence-electron chi connectivity index (χ0n) is 10.6. The van der Waals surface area contributed by atoms with Gasteiger partial charge in [-0.05, 0) is 42.5 Å². The fourth-order valence-electron chi connectivity index (χ4n) is 2.14. The predicted molar refractivity (Wildman–Crippen MR) is 76.5 cm³/mol. The van der Waals surface area contributed by atoms with Crippen LogP contribution in [0.15, 0.2) is 52.2 Å². The van der Waals surface area contributed by atoms with Gasteiger partial charge in [-0.2, -0.15) is 8.42 Å². The van der Waals surface area contributed by atoms with Gasteiger partial charge in [0.2, 0.25) is 0 Å². The molecule has 1 radical (unpaired) electrons. The third kappa shape index (κ3) is 2.30. The molecule has 0 aliphatic carbocycles. The average molecular weight is 304 g/mol. The first-order valence-corrected chi connectivity index (χ1v) is 7.34. The molecule has 0 saturated heterocycles.